The molecule has 1 amide bonds. The molecule has 5 heteroatoms. The lowest BCUT2D eigenvalue weighted by Crippen LogP contribution is -2.45. The van der Waals surface area contributed by atoms with Crippen molar-refractivity contribution in [1.29, 1.82) is 0 Å². The summed E-state index contributed by atoms with van der Waals surface area (Å²) in [7, 11) is 0. The van der Waals surface area contributed by atoms with Gasteiger partial charge in [-0.25, -0.2) is 0 Å². The van der Waals surface area contributed by atoms with Crippen molar-refractivity contribution in [1.82, 2.24) is 14.9 Å². The Bertz CT molecular complexity index is 1130. The van der Waals surface area contributed by atoms with Crippen molar-refractivity contribution in [3.8, 4) is 0 Å². The Hall–Kier alpha value is -3.05. The van der Waals surface area contributed by atoms with Gasteiger partial charge in [0.05, 0.1) is 12.1 Å². The molecule has 5 nitrogen and oxygen atoms in total. The number of aromatic nitrogens is 2. The third-order valence-electron chi connectivity index (χ3n) is 7.01. The van der Waals surface area contributed by atoms with Crippen LogP contribution in [0.5, 0.6) is 0 Å². The van der Waals surface area contributed by atoms with E-state index >= 15 is 0 Å². The third kappa shape index (κ3) is 3.71. The van der Waals surface area contributed by atoms with Crippen LogP contribution in [0.15, 0.2) is 55.0 Å². The summed E-state index contributed by atoms with van der Waals surface area (Å²) in [6, 6.07) is 12.3. The Morgan fingerprint density at radius 2 is 1.88 bits per heavy atom. The van der Waals surface area contributed by atoms with E-state index in [1.54, 1.807) is 6.20 Å². The van der Waals surface area contributed by atoms with Gasteiger partial charge in [-0.1, -0.05) is 31.0 Å². The van der Waals surface area contributed by atoms with Gasteiger partial charge in [-0.3, -0.25) is 14.8 Å². The average Bonchev–Trinajstić information content (AvgIpc) is 3.11. The fraction of sp³-hybridized carbons (Fsp3) is 0.370. The first kappa shape index (κ1) is 20.8. The number of hydrogen-bond acceptors (Lipinski definition) is 4. The predicted molar refractivity (Wildman–Crippen MR) is 123 cm³/mol. The van der Waals surface area contributed by atoms with Crippen LogP contribution in [-0.2, 0) is 6.54 Å². The number of fused-ring (bicyclic) bond motifs is 1. The highest BCUT2D eigenvalue weighted by molar-refractivity contribution is 5.99. The van der Waals surface area contributed by atoms with E-state index in [9.17, 15) is 9.90 Å². The van der Waals surface area contributed by atoms with Crippen LogP contribution in [0.1, 0.15) is 75.5 Å². The summed E-state index contributed by atoms with van der Waals surface area (Å²) in [5.41, 5.74) is 7.20. The van der Waals surface area contributed by atoms with Gasteiger partial charge in [-0.2, -0.15) is 0 Å². The van der Waals surface area contributed by atoms with Crippen molar-refractivity contribution in [3.63, 3.8) is 0 Å². The average molecular weight is 428 g/mol. The molecule has 1 fully saturated rings. The highest BCUT2D eigenvalue weighted by Crippen LogP contribution is 2.38. The molecule has 1 aliphatic heterocycles. The summed E-state index contributed by atoms with van der Waals surface area (Å²) in [6.45, 7) is 4.68. The molecule has 2 aromatic heterocycles. The summed E-state index contributed by atoms with van der Waals surface area (Å²) in [5, 5.41) is 10.5. The molecule has 3 unspecified atom stereocenters. The second kappa shape index (κ2) is 8.47. The molecule has 1 N–H and O–H groups in total. The molecule has 0 spiro atoms. The van der Waals surface area contributed by atoms with Crippen LogP contribution in [0.25, 0.3) is 0 Å². The molecule has 0 saturated heterocycles. The summed E-state index contributed by atoms with van der Waals surface area (Å²) in [5.74, 6) is -0.0108. The fourth-order valence-corrected chi connectivity index (χ4v) is 5.31. The highest BCUT2D eigenvalue weighted by atomic mass is 16.3. The van der Waals surface area contributed by atoms with Crippen molar-refractivity contribution in [2.75, 3.05) is 0 Å². The number of aliphatic hydroxyl groups is 1. The fourth-order valence-electron chi connectivity index (χ4n) is 5.31. The minimum atomic E-state index is -0.427. The molecule has 1 saturated carbocycles. The molecular weight excluding hydrogens is 398 g/mol. The standard InChI is InChI=1S/C27H29N3O2/c1-17-12-21-16-30(24-7-3-4-8-25(24)31)27(32)23(21)13-22(17)26(19-6-5-11-28-14-19)20-10-9-18(2)29-15-20/h5-6,9-15,24-26,31H,3-4,7-8,16H2,1-2H3. The zero-order chi connectivity index (χ0) is 22.2. The maximum Gasteiger partial charge on any atom is 0.254 e. The number of aliphatic hydroxyl groups excluding tert-OH is 1. The minimum Gasteiger partial charge on any atom is -0.391 e. The molecule has 2 aliphatic rings. The second-order valence-corrected chi connectivity index (χ2v) is 9.17. The molecular formula is C27H29N3O2. The number of aryl methyl sites for hydroxylation is 2. The lowest BCUT2D eigenvalue weighted by atomic mass is 9.83. The summed E-state index contributed by atoms with van der Waals surface area (Å²) >= 11 is 0. The SMILES string of the molecule is Cc1ccc(C(c2cccnc2)c2cc3c(cc2C)CN(C2CCCCC2O)C3=O)cn1. The summed E-state index contributed by atoms with van der Waals surface area (Å²) in [4.78, 5) is 24.2. The molecule has 32 heavy (non-hydrogen) atoms. The first-order valence-electron chi connectivity index (χ1n) is 11.5. The lowest BCUT2D eigenvalue weighted by Gasteiger charge is -2.35. The van der Waals surface area contributed by atoms with Crippen LogP contribution >= 0.6 is 0 Å². The molecule has 164 valence electrons. The first-order chi connectivity index (χ1) is 15.5. The van der Waals surface area contributed by atoms with Crippen molar-refractivity contribution in [2.45, 2.75) is 64.1 Å². The number of carbonyl (C=O) groups is 1. The first-order valence-corrected chi connectivity index (χ1v) is 11.5. The third-order valence-corrected chi connectivity index (χ3v) is 7.01. The van der Waals surface area contributed by atoms with Crippen LogP contribution in [0.3, 0.4) is 0 Å². The monoisotopic (exact) mass is 427 g/mol. The van der Waals surface area contributed by atoms with Crippen LogP contribution in [0, 0.1) is 13.8 Å². The number of hydrogen-bond donors (Lipinski definition) is 1. The van der Waals surface area contributed by atoms with Gasteiger partial charge in [0, 0.05) is 42.3 Å². The highest BCUT2D eigenvalue weighted by Gasteiger charge is 2.38. The molecule has 0 radical (unpaired) electrons. The molecule has 5 rings (SSSR count). The second-order valence-electron chi connectivity index (χ2n) is 9.17. The number of rotatable bonds is 4. The summed E-state index contributed by atoms with van der Waals surface area (Å²) in [6.07, 6.45) is 8.92. The van der Waals surface area contributed by atoms with Gasteiger partial charge in [0.1, 0.15) is 0 Å². The quantitative estimate of drug-likeness (QED) is 0.664. The van der Waals surface area contributed by atoms with Gasteiger partial charge in [0.25, 0.3) is 5.91 Å². The van der Waals surface area contributed by atoms with Gasteiger partial charge >= 0.3 is 0 Å². The van der Waals surface area contributed by atoms with E-state index in [1.165, 1.54) is 0 Å². The lowest BCUT2D eigenvalue weighted by molar-refractivity contribution is 0.0191. The van der Waals surface area contributed by atoms with E-state index in [4.69, 9.17) is 0 Å². The maximum atomic E-state index is 13.4. The van der Waals surface area contributed by atoms with Crippen molar-refractivity contribution in [3.05, 3.63) is 94.1 Å². The number of benzene rings is 1. The molecule has 3 aromatic rings. The Morgan fingerprint density at radius 1 is 1.06 bits per heavy atom. The van der Waals surface area contributed by atoms with Gasteiger partial charge in [-0.05, 0) is 72.7 Å². The maximum absolute atomic E-state index is 13.4. The van der Waals surface area contributed by atoms with Crippen LogP contribution < -0.4 is 0 Å². The van der Waals surface area contributed by atoms with Crippen LogP contribution in [-0.4, -0.2) is 38.0 Å². The molecule has 3 atom stereocenters. The van der Waals surface area contributed by atoms with Gasteiger partial charge in [-0.15, -0.1) is 0 Å². The number of carbonyl (C=O) groups excluding carboxylic acids is 1. The number of nitrogens with zero attached hydrogens (tertiary/aromatic N) is 3. The van der Waals surface area contributed by atoms with Crippen LogP contribution in [0.2, 0.25) is 0 Å². The Balaban J connectivity index is 1.57. The Labute approximate surface area is 189 Å². The van der Waals surface area contributed by atoms with E-state index in [0.717, 1.165) is 64.8 Å². The van der Waals surface area contributed by atoms with E-state index < -0.39 is 6.10 Å². The van der Waals surface area contributed by atoms with Crippen molar-refractivity contribution >= 4 is 5.91 Å². The number of amides is 1. The zero-order valence-electron chi connectivity index (χ0n) is 18.7. The smallest absolute Gasteiger partial charge is 0.254 e. The predicted octanol–water partition coefficient (Wildman–Crippen LogP) is 4.53. The molecule has 0 bridgehead atoms. The molecule has 1 aliphatic carbocycles. The summed E-state index contributed by atoms with van der Waals surface area (Å²) < 4.78 is 0. The Kier molecular flexibility index (Phi) is 5.51. The van der Waals surface area contributed by atoms with Crippen molar-refractivity contribution in [2.24, 2.45) is 0 Å². The zero-order valence-corrected chi connectivity index (χ0v) is 18.7. The van der Waals surface area contributed by atoms with Gasteiger partial charge in [0.15, 0.2) is 0 Å². The van der Waals surface area contributed by atoms with E-state index in [1.807, 2.05) is 36.4 Å². The Morgan fingerprint density at radius 3 is 2.59 bits per heavy atom. The largest absolute Gasteiger partial charge is 0.391 e. The topological polar surface area (TPSA) is 66.3 Å². The number of pyridine rings is 2. The van der Waals surface area contributed by atoms with Crippen LogP contribution in [0.4, 0.5) is 0 Å². The van der Waals surface area contributed by atoms with Gasteiger partial charge in [0.2, 0.25) is 0 Å². The van der Waals surface area contributed by atoms with Crippen molar-refractivity contribution < 1.29 is 9.90 Å². The minimum absolute atomic E-state index is 0.0409. The van der Waals surface area contributed by atoms with E-state index in [-0.39, 0.29) is 17.9 Å². The normalized spacial score (nSPS) is 21.5. The molecule has 3 heterocycles. The van der Waals surface area contributed by atoms with E-state index in [0.29, 0.717) is 6.54 Å². The van der Waals surface area contributed by atoms with Gasteiger partial charge < -0.3 is 10.0 Å². The molecule has 1 aromatic carbocycles. The van der Waals surface area contributed by atoms with E-state index in [2.05, 4.69) is 41.2 Å².